The van der Waals surface area contributed by atoms with Crippen LogP contribution in [0.25, 0.3) is 38.6 Å². The number of furan rings is 1. The van der Waals surface area contributed by atoms with Crippen LogP contribution in [0.3, 0.4) is 0 Å². The maximum Gasteiger partial charge on any atom is 0.492 e. The number of anilines is 3. The molecule has 0 amide bonds. The predicted molar refractivity (Wildman–Crippen MR) is 196 cm³/mol. The van der Waals surface area contributed by atoms with Crippen LogP contribution >= 0.6 is 0 Å². The molecule has 0 spiro atoms. The van der Waals surface area contributed by atoms with Crippen molar-refractivity contribution in [1.82, 2.24) is 0 Å². The fourth-order valence-electron chi connectivity index (χ4n) is 8.01. The number of fused-ring (bicyclic) bond motifs is 7. The van der Waals surface area contributed by atoms with Crippen LogP contribution in [0, 0.1) is 0 Å². The third-order valence-corrected chi connectivity index (χ3v) is 10.8. The zero-order valence-electron chi connectivity index (χ0n) is 27.7. The van der Waals surface area contributed by atoms with Gasteiger partial charge in [0.05, 0.1) is 5.69 Å². The van der Waals surface area contributed by atoms with Crippen molar-refractivity contribution in [3.05, 3.63) is 137 Å². The lowest BCUT2D eigenvalue weighted by Crippen LogP contribution is -2.29. The van der Waals surface area contributed by atoms with E-state index >= 15 is 0 Å². The molecule has 0 bridgehead atoms. The van der Waals surface area contributed by atoms with Crippen LogP contribution in [-0.4, -0.2) is 17.2 Å². The van der Waals surface area contributed by atoms with Crippen molar-refractivity contribution in [2.75, 3.05) is 4.90 Å². The summed E-state index contributed by atoms with van der Waals surface area (Å²) in [5, 5.41) is 22.2. The number of rotatable bonds is 5. The van der Waals surface area contributed by atoms with Gasteiger partial charge in [-0.1, -0.05) is 112 Å². The van der Waals surface area contributed by atoms with Crippen LogP contribution in [0.2, 0.25) is 0 Å². The highest BCUT2D eigenvalue weighted by Crippen LogP contribution is 2.53. The van der Waals surface area contributed by atoms with Crippen molar-refractivity contribution in [2.24, 2.45) is 0 Å². The highest BCUT2D eigenvalue weighted by atomic mass is 16.4. The van der Waals surface area contributed by atoms with Crippen molar-refractivity contribution in [1.29, 1.82) is 0 Å². The van der Waals surface area contributed by atoms with Crippen LogP contribution in [-0.2, 0) is 10.8 Å². The summed E-state index contributed by atoms with van der Waals surface area (Å²) in [4.78, 5) is 2.30. The van der Waals surface area contributed by atoms with Gasteiger partial charge in [-0.2, -0.15) is 0 Å². The van der Waals surface area contributed by atoms with E-state index in [4.69, 9.17) is 4.42 Å². The second kappa shape index (κ2) is 10.3. The van der Waals surface area contributed by atoms with Gasteiger partial charge in [-0.15, -0.1) is 0 Å². The summed E-state index contributed by atoms with van der Waals surface area (Å²) in [7, 11) is -1.64. The Balaban J connectivity index is 1.40. The van der Waals surface area contributed by atoms with E-state index in [1.54, 1.807) is 6.07 Å². The van der Waals surface area contributed by atoms with Gasteiger partial charge < -0.3 is 19.4 Å². The van der Waals surface area contributed by atoms with Crippen molar-refractivity contribution in [2.45, 2.75) is 52.4 Å². The molecule has 2 aliphatic carbocycles. The van der Waals surface area contributed by atoms with E-state index in [-0.39, 0.29) is 10.8 Å². The maximum absolute atomic E-state index is 10.2. The second-order valence-electron chi connectivity index (χ2n) is 14.0. The van der Waals surface area contributed by atoms with E-state index in [0.717, 1.165) is 27.8 Å². The van der Waals surface area contributed by atoms with Gasteiger partial charge in [0, 0.05) is 38.4 Å². The third kappa shape index (κ3) is 4.16. The molecule has 8 rings (SSSR count). The molecular formula is C42H38BNO3. The maximum atomic E-state index is 10.2. The molecule has 232 valence electrons. The summed E-state index contributed by atoms with van der Waals surface area (Å²) in [5.41, 5.74) is 14.6. The Morgan fingerprint density at radius 3 is 1.98 bits per heavy atom. The number of benzene rings is 5. The molecule has 6 aromatic rings. The van der Waals surface area contributed by atoms with Crippen molar-refractivity contribution in [3.63, 3.8) is 0 Å². The summed E-state index contributed by atoms with van der Waals surface area (Å²) in [6, 6.07) is 34.1. The molecule has 0 aliphatic heterocycles. The molecule has 47 heavy (non-hydrogen) atoms. The number of para-hydroxylation sites is 2. The van der Waals surface area contributed by atoms with E-state index in [2.05, 4.69) is 131 Å². The van der Waals surface area contributed by atoms with Crippen LogP contribution in [0.4, 0.5) is 17.1 Å². The molecule has 0 saturated carbocycles. The topological polar surface area (TPSA) is 56.8 Å². The van der Waals surface area contributed by atoms with Crippen LogP contribution in [0.1, 0.15) is 63.8 Å². The van der Waals surface area contributed by atoms with Gasteiger partial charge in [-0.25, -0.2) is 0 Å². The minimum Gasteiger partial charge on any atom is -0.454 e. The van der Waals surface area contributed by atoms with Gasteiger partial charge in [-0.05, 0) is 83.1 Å². The lowest BCUT2D eigenvalue weighted by atomic mass is 9.79. The number of nitrogens with zero attached hydrogens (tertiary/aromatic N) is 1. The minimum atomic E-state index is -1.64. The third-order valence-electron chi connectivity index (χ3n) is 10.8. The van der Waals surface area contributed by atoms with Crippen LogP contribution < -0.4 is 10.4 Å². The fourth-order valence-corrected chi connectivity index (χ4v) is 8.01. The van der Waals surface area contributed by atoms with Gasteiger partial charge in [-0.3, -0.25) is 0 Å². The Bertz CT molecular complexity index is 2320. The summed E-state index contributed by atoms with van der Waals surface area (Å²) in [6.45, 7) is 13.6. The fraction of sp³-hybridized carbons (Fsp3) is 0.190. The summed E-state index contributed by atoms with van der Waals surface area (Å²) in [5.74, 6) is 0. The Labute approximate surface area is 276 Å². The molecule has 0 fully saturated rings. The minimum absolute atomic E-state index is 0.134. The van der Waals surface area contributed by atoms with E-state index in [1.807, 2.05) is 18.2 Å². The molecule has 1 aromatic heterocycles. The summed E-state index contributed by atoms with van der Waals surface area (Å²) in [6.07, 6.45) is 4.34. The van der Waals surface area contributed by atoms with Crippen molar-refractivity contribution < 1.29 is 14.5 Å². The normalized spacial score (nSPS) is 15.8. The molecule has 0 radical (unpaired) electrons. The van der Waals surface area contributed by atoms with Crippen molar-refractivity contribution in [3.8, 4) is 11.1 Å². The molecule has 1 heterocycles. The monoisotopic (exact) mass is 615 g/mol. The number of hydrogen-bond donors (Lipinski definition) is 2. The smallest absolute Gasteiger partial charge is 0.454 e. The lowest BCUT2D eigenvalue weighted by Gasteiger charge is -2.30. The average Bonchev–Trinajstić information content (AvgIpc) is 3.62. The zero-order valence-corrected chi connectivity index (χ0v) is 27.7. The molecule has 5 aromatic carbocycles. The molecule has 0 atom stereocenters. The quantitative estimate of drug-likeness (QED) is 0.190. The molecule has 2 aliphatic rings. The lowest BCUT2D eigenvalue weighted by molar-refractivity contribution is 0.425. The Hall–Kier alpha value is -4.84. The summed E-state index contributed by atoms with van der Waals surface area (Å²) < 4.78 is 6.60. The summed E-state index contributed by atoms with van der Waals surface area (Å²) >= 11 is 0. The molecule has 2 N–H and O–H groups in total. The highest BCUT2D eigenvalue weighted by molar-refractivity contribution is 6.61. The van der Waals surface area contributed by atoms with E-state index in [1.165, 1.54) is 44.5 Å². The largest absolute Gasteiger partial charge is 0.492 e. The van der Waals surface area contributed by atoms with E-state index in [9.17, 15) is 10.0 Å². The standard InChI is InChI=1S/C42H38BNO3/c1-7-12-28-25(2)41(3,4)35-23-26(19-21-30(28)35)44(27-20-22-31-29-13-8-9-16-34(29)42(5,6)36(31)24-27)38-18-11-15-33-32-14-10-17-37(43(45)46)39(32)47-40(33)38/h7-24,45-46H,1-6H3. The number of allylic oxidation sites excluding steroid dienone is 4. The predicted octanol–water partition coefficient (Wildman–Crippen LogP) is 9.68. The first-order chi connectivity index (χ1) is 22.5. The SMILES string of the molecule is CC=CC1=C(C)C(C)(C)c2cc(N(c3ccc4c(c3)C(C)(C)c3ccccc3-4)c3cccc4c3oc3c(B(O)O)cccc34)ccc21. The molecule has 4 nitrogen and oxygen atoms in total. The van der Waals surface area contributed by atoms with Crippen molar-refractivity contribution >= 4 is 57.2 Å². The molecular weight excluding hydrogens is 577 g/mol. The first-order valence-electron chi connectivity index (χ1n) is 16.4. The van der Waals surface area contributed by atoms with E-state index < -0.39 is 7.12 Å². The Morgan fingerprint density at radius 1 is 0.660 bits per heavy atom. The average molecular weight is 616 g/mol. The van der Waals surface area contributed by atoms with Gasteiger partial charge >= 0.3 is 7.12 Å². The second-order valence-corrected chi connectivity index (χ2v) is 14.0. The van der Waals surface area contributed by atoms with Crippen LogP contribution in [0.15, 0.2) is 119 Å². The van der Waals surface area contributed by atoms with Gasteiger partial charge in [0.25, 0.3) is 0 Å². The zero-order chi connectivity index (χ0) is 32.8. The first-order valence-corrected chi connectivity index (χ1v) is 16.4. The van der Waals surface area contributed by atoms with Gasteiger partial charge in [0.2, 0.25) is 0 Å². The first kappa shape index (κ1) is 29.6. The molecule has 5 heteroatoms. The van der Waals surface area contributed by atoms with Gasteiger partial charge in [0.15, 0.2) is 5.58 Å². The van der Waals surface area contributed by atoms with Gasteiger partial charge in [0.1, 0.15) is 5.58 Å². The number of hydrogen-bond acceptors (Lipinski definition) is 4. The van der Waals surface area contributed by atoms with E-state index in [0.29, 0.717) is 16.6 Å². The Morgan fingerprint density at radius 2 is 1.28 bits per heavy atom. The van der Waals surface area contributed by atoms with Crippen LogP contribution in [0.5, 0.6) is 0 Å². The molecule has 0 unspecified atom stereocenters. The highest BCUT2D eigenvalue weighted by Gasteiger charge is 2.37. The molecule has 0 saturated heterocycles. The Kier molecular flexibility index (Phi) is 6.50.